The van der Waals surface area contributed by atoms with Crippen LogP contribution in [0.4, 0.5) is 0 Å². The molecule has 1 aromatic carbocycles. The van der Waals surface area contributed by atoms with Crippen LogP contribution in [0.3, 0.4) is 0 Å². The van der Waals surface area contributed by atoms with Crippen LogP contribution in [-0.4, -0.2) is 30.5 Å². The van der Waals surface area contributed by atoms with Crippen molar-refractivity contribution < 1.29 is 4.79 Å². The highest BCUT2D eigenvalue weighted by atomic mass is 16.2. The molecule has 4 aromatic rings. The van der Waals surface area contributed by atoms with Crippen LogP contribution in [0.15, 0.2) is 42.7 Å². The minimum Gasteiger partial charge on any atom is -0.348 e. The van der Waals surface area contributed by atoms with Crippen molar-refractivity contribution in [1.29, 1.82) is 0 Å². The van der Waals surface area contributed by atoms with E-state index in [4.69, 9.17) is 0 Å². The monoisotopic (exact) mass is 402 g/mol. The molecule has 0 spiro atoms. The Bertz CT molecular complexity index is 1240. The molecule has 0 radical (unpaired) electrons. The number of aryl methyl sites for hydroxylation is 3. The van der Waals surface area contributed by atoms with E-state index in [0.717, 1.165) is 33.5 Å². The summed E-state index contributed by atoms with van der Waals surface area (Å²) in [4.78, 5) is 17.3. The fourth-order valence-electron chi connectivity index (χ4n) is 3.89. The number of benzene rings is 1. The standard InChI is InChI=1S/C23H26N6O/c1-14-7-6-8-18(11-14)19-9-10-24-23-22(19)16(3)27-29(23)13-21(30)26-15(2)20-12-25-28(5)17(20)4/h6-12,15H,13H2,1-5H3,(H,26,30). The van der Waals surface area contributed by atoms with Crippen LogP contribution in [0, 0.1) is 20.8 Å². The van der Waals surface area contributed by atoms with Crippen LogP contribution in [-0.2, 0) is 18.4 Å². The first-order valence-electron chi connectivity index (χ1n) is 10.0. The summed E-state index contributed by atoms with van der Waals surface area (Å²) in [7, 11) is 1.89. The van der Waals surface area contributed by atoms with Gasteiger partial charge in [0.1, 0.15) is 6.54 Å². The smallest absolute Gasteiger partial charge is 0.242 e. The van der Waals surface area contributed by atoms with Crippen LogP contribution in [0.1, 0.15) is 35.5 Å². The molecule has 30 heavy (non-hydrogen) atoms. The maximum atomic E-state index is 12.7. The molecule has 0 aliphatic heterocycles. The molecule has 0 aliphatic rings. The van der Waals surface area contributed by atoms with Gasteiger partial charge in [0.25, 0.3) is 0 Å². The summed E-state index contributed by atoms with van der Waals surface area (Å²) in [6.07, 6.45) is 3.57. The van der Waals surface area contributed by atoms with Gasteiger partial charge < -0.3 is 5.32 Å². The maximum Gasteiger partial charge on any atom is 0.242 e. The van der Waals surface area contributed by atoms with Gasteiger partial charge in [0.2, 0.25) is 5.91 Å². The number of rotatable bonds is 5. The summed E-state index contributed by atoms with van der Waals surface area (Å²) in [6, 6.07) is 10.2. The van der Waals surface area contributed by atoms with E-state index in [1.807, 2.05) is 40.0 Å². The molecule has 154 valence electrons. The molecule has 7 nitrogen and oxygen atoms in total. The Morgan fingerprint density at radius 1 is 1.20 bits per heavy atom. The zero-order valence-corrected chi connectivity index (χ0v) is 18.0. The van der Waals surface area contributed by atoms with Crippen molar-refractivity contribution in [3.8, 4) is 11.1 Å². The second-order valence-corrected chi connectivity index (χ2v) is 7.77. The van der Waals surface area contributed by atoms with E-state index in [1.165, 1.54) is 5.56 Å². The van der Waals surface area contributed by atoms with E-state index >= 15 is 0 Å². The minimum atomic E-state index is -0.134. The molecule has 0 aliphatic carbocycles. The van der Waals surface area contributed by atoms with Gasteiger partial charge in [-0.05, 0) is 44.9 Å². The molecule has 7 heteroatoms. The van der Waals surface area contributed by atoms with Crippen molar-refractivity contribution in [3.63, 3.8) is 0 Å². The fourth-order valence-corrected chi connectivity index (χ4v) is 3.89. The van der Waals surface area contributed by atoms with E-state index in [-0.39, 0.29) is 18.5 Å². The van der Waals surface area contributed by atoms with Crippen molar-refractivity contribution in [2.24, 2.45) is 7.05 Å². The van der Waals surface area contributed by atoms with Gasteiger partial charge in [-0.25, -0.2) is 9.67 Å². The molecule has 4 rings (SSSR count). The minimum absolute atomic E-state index is 0.109. The number of nitrogens with one attached hydrogen (secondary N) is 1. The molecule has 3 heterocycles. The SMILES string of the molecule is Cc1cccc(-c2ccnc3c2c(C)nn3CC(=O)NC(C)c2cnn(C)c2C)c1. The van der Waals surface area contributed by atoms with Gasteiger partial charge in [-0.3, -0.25) is 9.48 Å². The summed E-state index contributed by atoms with van der Waals surface area (Å²) >= 11 is 0. The van der Waals surface area contributed by atoms with Gasteiger partial charge in [0, 0.05) is 29.9 Å². The number of hydrogen-bond acceptors (Lipinski definition) is 4. The first-order valence-corrected chi connectivity index (χ1v) is 10.0. The summed E-state index contributed by atoms with van der Waals surface area (Å²) < 4.78 is 3.49. The second-order valence-electron chi connectivity index (χ2n) is 7.77. The summed E-state index contributed by atoms with van der Waals surface area (Å²) in [5.41, 5.74) is 7.01. The third-order valence-electron chi connectivity index (χ3n) is 5.55. The van der Waals surface area contributed by atoms with Gasteiger partial charge in [-0.1, -0.05) is 29.8 Å². The van der Waals surface area contributed by atoms with Crippen LogP contribution in [0.2, 0.25) is 0 Å². The Kier molecular flexibility index (Phi) is 5.11. The average Bonchev–Trinajstić information content (AvgIpc) is 3.21. The molecule has 1 atom stereocenters. The van der Waals surface area contributed by atoms with Crippen molar-refractivity contribution in [1.82, 2.24) is 29.9 Å². The lowest BCUT2D eigenvalue weighted by Crippen LogP contribution is -2.30. The highest BCUT2D eigenvalue weighted by Gasteiger charge is 2.18. The zero-order valence-electron chi connectivity index (χ0n) is 18.0. The van der Waals surface area contributed by atoms with Gasteiger partial charge in [0.05, 0.1) is 17.9 Å². The Morgan fingerprint density at radius 2 is 2.00 bits per heavy atom. The van der Waals surface area contributed by atoms with E-state index in [1.54, 1.807) is 21.8 Å². The number of aromatic nitrogens is 5. The lowest BCUT2D eigenvalue weighted by atomic mass is 10.0. The predicted molar refractivity (Wildman–Crippen MR) is 117 cm³/mol. The summed E-state index contributed by atoms with van der Waals surface area (Å²) in [5.74, 6) is -0.113. The maximum absolute atomic E-state index is 12.7. The predicted octanol–water partition coefficient (Wildman–Crippen LogP) is 3.63. The number of pyridine rings is 1. The van der Waals surface area contributed by atoms with Gasteiger partial charge in [-0.15, -0.1) is 0 Å². The Balaban J connectivity index is 1.62. The molecule has 1 amide bonds. The molecule has 3 aromatic heterocycles. The topological polar surface area (TPSA) is 77.6 Å². The number of fused-ring (bicyclic) bond motifs is 1. The van der Waals surface area contributed by atoms with Gasteiger partial charge in [-0.2, -0.15) is 10.2 Å². The average molecular weight is 403 g/mol. The summed E-state index contributed by atoms with van der Waals surface area (Å²) in [5, 5.41) is 12.9. The van der Waals surface area contributed by atoms with Gasteiger partial charge >= 0.3 is 0 Å². The fraction of sp³-hybridized carbons (Fsp3) is 0.304. The van der Waals surface area contributed by atoms with Crippen molar-refractivity contribution in [3.05, 3.63) is 65.2 Å². The molecule has 0 saturated heterocycles. The Morgan fingerprint density at radius 3 is 2.70 bits per heavy atom. The molecule has 0 bridgehead atoms. The molecular weight excluding hydrogens is 376 g/mol. The lowest BCUT2D eigenvalue weighted by Gasteiger charge is -2.14. The van der Waals surface area contributed by atoms with Crippen molar-refractivity contribution in [2.75, 3.05) is 0 Å². The van der Waals surface area contributed by atoms with Crippen LogP contribution in [0.25, 0.3) is 22.2 Å². The second kappa shape index (κ2) is 7.74. The summed E-state index contributed by atoms with van der Waals surface area (Å²) in [6.45, 7) is 8.10. The third kappa shape index (κ3) is 3.58. The lowest BCUT2D eigenvalue weighted by molar-refractivity contribution is -0.122. The van der Waals surface area contributed by atoms with E-state index in [2.05, 4.69) is 45.6 Å². The van der Waals surface area contributed by atoms with Gasteiger partial charge in [0.15, 0.2) is 5.65 Å². The number of carbonyl (C=O) groups is 1. The molecule has 0 fully saturated rings. The van der Waals surface area contributed by atoms with Crippen LogP contribution in [0.5, 0.6) is 0 Å². The zero-order chi connectivity index (χ0) is 21.4. The van der Waals surface area contributed by atoms with E-state index in [0.29, 0.717) is 5.65 Å². The molecule has 1 unspecified atom stereocenters. The Hall–Kier alpha value is -3.48. The number of nitrogens with zero attached hydrogens (tertiary/aromatic N) is 5. The molecule has 0 saturated carbocycles. The largest absolute Gasteiger partial charge is 0.348 e. The molecular formula is C23H26N6O. The highest BCUT2D eigenvalue weighted by Crippen LogP contribution is 2.30. The third-order valence-corrected chi connectivity index (χ3v) is 5.55. The number of amides is 1. The van der Waals surface area contributed by atoms with Crippen LogP contribution >= 0.6 is 0 Å². The number of hydrogen-bond donors (Lipinski definition) is 1. The first kappa shape index (κ1) is 19.8. The normalized spacial score (nSPS) is 12.3. The van der Waals surface area contributed by atoms with Crippen molar-refractivity contribution >= 4 is 16.9 Å². The van der Waals surface area contributed by atoms with E-state index < -0.39 is 0 Å². The van der Waals surface area contributed by atoms with Crippen molar-refractivity contribution in [2.45, 2.75) is 40.3 Å². The van der Waals surface area contributed by atoms with E-state index in [9.17, 15) is 4.79 Å². The van der Waals surface area contributed by atoms with Crippen LogP contribution < -0.4 is 5.32 Å². The first-order chi connectivity index (χ1) is 14.3. The Labute approximate surface area is 175 Å². The molecule has 1 N–H and O–H groups in total. The highest BCUT2D eigenvalue weighted by molar-refractivity contribution is 5.95. The number of carbonyl (C=O) groups excluding carboxylic acids is 1. The quantitative estimate of drug-likeness (QED) is 0.553.